The zero-order valence-electron chi connectivity index (χ0n) is 18.4. The van der Waals surface area contributed by atoms with Crippen molar-refractivity contribution in [3.8, 4) is 22.6 Å². The molecule has 0 atom stereocenters. The van der Waals surface area contributed by atoms with Crippen LogP contribution in [-0.2, 0) is 37.0 Å². The second kappa shape index (κ2) is 8.19. The zero-order valence-corrected chi connectivity index (χ0v) is 20.8. The van der Waals surface area contributed by atoms with Crippen LogP contribution in [0.1, 0.15) is 63.8 Å². The smallest absolute Gasteiger partial charge is 0.126 e. The zero-order chi connectivity index (χ0) is 20.0. The first kappa shape index (κ1) is 22.9. The van der Waals surface area contributed by atoms with Gasteiger partial charge in [-0.1, -0.05) is 59.8 Å². The van der Waals surface area contributed by atoms with Crippen LogP contribution in [0, 0.1) is 6.42 Å². The van der Waals surface area contributed by atoms with E-state index in [1.54, 1.807) is 14.2 Å². The maximum atomic E-state index is 5.91. The number of hydrogen-bond donors (Lipinski definition) is 0. The molecular weight excluding hydrogens is 423 g/mol. The summed E-state index contributed by atoms with van der Waals surface area (Å²) in [7, 11) is 3.51. The van der Waals surface area contributed by atoms with E-state index in [2.05, 4.69) is 84.4 Å². The second-order valence-corrected chi connectivity index (χ2v) is 9.27. The molecule has 2 nitrogen and oxygen atoms in total. The molecule has 0 heterocycles. The van der Waals surface area contributed by atoms with Crippen LogP contribution in [0.15, 0.2) is 30.3 Å². The Kier molecular flexibility index (Phi) is 6.71. The number of ether oxygens (including phenoxy) is 2. The summed E-state index contributed by atoms with van der Waals surface area (Å²) in [6.45, 7) is 13.5. The van der Waals surface area contributed by atoms with Gasteiger partial charge in [-0.05, 0) is 45.7 Å². The van der Waals surface area contributed by atoms with Crippen molar-refractivity contribution in [1.29, 1.82) is 0 Å². The van der Waals surface area contributed by atoms with Gasteiger partial charge in [-0.3, -0.25) is 0 Å². The van der Waals surface area contributed by atoms with E-state index in [1.807, 2.05) is 0 Å². The largest absolute Gasteiger partial charge is 0.496 e. The van der Waals surface area contributed by atoms with Crippen LogP contribution >= 0.6 is 0 Å². The summed E-state index contributed by atoms with van der Waals surface area (Å²) >= 11 is 0. The van der Waals surface area contributed by atoms with Crippen molar-refractivity contribution in [2.45, 2.75) is 52.4 Å². The fourth-order valence-electron chi connectivity index (χ4n) is 3.76. The minimum Gasteiger partial charge on any atom is -0.496 e. The van der Waals surface area contributed by atoms with Crippen molar-refractivity contribution in [1.82, 2.24) is 0 Å². The van der Waals surface area contributed by atoms with Crippen molar-refractivity contribution in [3.63, 3.8) is 0 Å². The van der Waals surface area contributed by atoms with Gasteiger partial charge in [0.1, 0.15) is 11.5 Å². The van der Waals surface area contributed by atoms with Crippen LogP contribution in [0.2, 0.25) is 0 Å². The molecule has 0 aliphatic heterocycles. The van der Waals surface area contributed by atoms with Crippen molar-refractivity contribution in [2.75, 3.05) is 14.2 Å². The Morgan fingerprint density at radius 3 is 1.79 bits per heavy atom. The molecule has 0 fully saturated rings. The van der Waals surface area contributed by atoms with Crippen LogP contribution in [0.25, 0.3) is 17.2 Å². The first-order valence-corrected chi connectivity index (χ1v) is 9.53. The number of benzene rings is 2. The van der Waals surface area contributed by atoms with Gasteiger partial charge < -0.3 is 9.47 Å². The Labute approximate surface area is 189 Å². The molecule has 0 aromatic heterocycles. The summed E-state index contributed by atoms with van der Waals surface area (Å²) in [5, 5.41) is 0. The van der Waals surface area contributed by atoms with E-state index in [-0.39, 0.29) is 37.0 Å². The molecule has 0 N–H and O–H groups in total. The molecule has 1 radical (unpaired) electrons. The molecule has 3 heteroatoms. The molecule has 28 heavy (non-hydrogen) atoms. The van der Waals surface area contributed by atoms with Crippen LogP contribution in [0.4, 0.5) is 0 Å². The quantitative estimate of drug-likeness (QED) is 0.524. The molecule has 2 aromatic carbocycles. The van der Waals surface area contributed by atoms with Crippen LogP contribution in [0.5, 0.6) is 11.5 Å². The molecule has 1 aliphatic rings. The Hall–Kier alpha value is -1.34. The fourth-order valence-corrected chi connectivity index (χ4v) is 3.76. The number of fused-ring (bicyclic) bond motifs is 1. The summed E-state index contributed by atoms with van der Waals surface area (Å²) < 4.78 is 11.5. The molecular formula is C25H31O2Zr. The summed E-state index contributed by atoms with van der Waals surface area (Å²) in [6.07, 6.45) is 6.39. The molecule has 0 unspecified atom stereocenters. The number of methoxy groups -OCH3 is 2. The Balaban J connectivity index is 0.00000280. The summed E-state index contributed by atoms with van der Waals surface area (Å²) in [5.74, 6) is 1.92. The first-order chi connectivity index (χ1) is 12.6. The maximum Gasteiger partial charge on any atom is 0.126 e. The van der Waals surface area contributed by atoms with Crippen LogP contribution in [0.3, 0.4) is 0 Å². The molecule has 1 aliphatic carbocycles. The van der Waals surface area contributed by atoms with E-state index in [9.17, 15) is 0 Å². The van der Waals surface area contributed by atoms with E-state index in [0.29, 0.717) is 0 Å². The minimum absolute atomic E-state index is 0. The molecule has 3 rings (SSSR count). The van der Waals surface area contributed by atoms with Gasteiger partial charge in [-0.2, -0.15) is 0 Å². The number of hydrogen-bond acceptors (Lipinski definition) is 2. The van der Waals surface area contributed by atoms with Gasteiger partial charge in [0.2, 0.25) is 0 Å². The average Bonchev–Trinajstić information content (AvgIpc) is 3.08. The summed E-state index contributed by atoms with van der Waals surface area (Å²) in [4.78, 5) is 0. The summed E-state index contributed by atoms with van der Waals surface area (Å²) in [5.41, 5.74) is 7.28. The standard InChI is InChI=1S/C25H31O2.Zr/c1-24(2,3)20-14-16(15-21(23(20)27-8)25(4,5)6)17-12-13-22(26-7)19-11-9-10-18(17)19;/h9-15H,1-8H3;. The number of allylic oxidation sites excluding steroid dienone is 1. The topological polar surface area (TPSA) is 18.5 Å². The molecule has 0 saturated heterocycles. The van der Waals surface area contributed by atoms with Gasteiger partial charge in [0.05, 0.1) is 14.2 Å². The van der Waals surface area contributed by atoms with Gasteiger partial charge in [0, 0.05) is 49.3 Å². The minimum atomic E-state index is -0.0149. The molecule has 0 bridgehead atoms. The van der Waals surface area contributed by atoms with E-state index in [0.717, 1.165) is 17.1 Å². The fraction of sp³-hybridized carbons (Fsp3) is 0.400. The molecule has 0 spiro atoms. The van der Waals surface area contributed by atoms with Crippen molar-refractivity contribution in [2.24, 2.45) is 0 Å². The Morgan fingerprint density at radius 1 is 0.750 bits per heavy atom. The van der Waals surface area contributed by atoms with Gasteiger partial charge in [-0.15, -0.1) is 0 Å². The van der Waals surface area contributed by atoms with E-state index in [1.165, 1.54) is 27.8 Å². The van der Waals surface area contributed by atoms with Gasteiger partial charge in [0.25, 0.3) is 0 Å². The second-order valence-electron chi connectivity index (χ2n) is 9.27. The maximum absolute atomic E-state index is 5.91. The van der Waals surface area contributed by atoms with Gasteiger partial charge in [0.15, 0.2) is 0 Å². The van der Waals surface area contributed by atoms with Crippen LogP contribution in [-0.4, -0.2) is 14.2 Å². The normalized spacial score (nSPS) is 13.1. The predicted octanol–water partition coefficient (Wildman–Crippen LogP) is 6.54. The van der Waals surface area contributed by atoms with Gasteiger partial charge in [-0.25, -0.2) is 0 Å². The number of rotatable bonds is 3. The van der Waals surface area contributed by atoms with Gasteiger partial charge >= 0.3 is 0 Å². The Bertz CT molecular complexity index is 861. The van der Waals surface area contributed by atoms with Crippen molar-refractivity contribution < 1.29 is 35.7 Å². The average molecular weight is 455 g/mol. The third-order valence-electron chi connectivity index (χ3n) is 5.21. The third kappa shape index (κ3) is 4.15. The van der Waals surface area contributed by atoms with E-state index < -0.39 is 0 Å². The molecule has 0 amide bonds. The molecule has 0 saturated carbocycles. The summed E-state index contributed by atoms with van der Waals surface area (Å²) in [6, 6.07) is 8.82. The Morgan fingerprint density at radius 2 is 1.32 bits per heavy atom. The predicted molar refractivity (Wildman–Crippen MR) is 115 cm³/mol. The van der Waals surface area contributed by atoms with Crippen molar-refractivity contribution >= 4 is 6.08 Å². The van der Waals surface area contributed by atoms with E-state index >= 15 is 0 Å². The third-order valence-corrected chi connectivity index (χ3v) is 5.21. The van der Waals surface area contributed by atoms with Crippen LogP contribution < -0.4 is 9.47 Å². The van der Waals surface area contributed by atoms with E-state index in [4.69, 9.17) is 9.47 Å². The monoisotopic (exact) mass is 453 g/mol. The molecule has 147 valence electrons. The van der Waals surface area contributed by atoms with Crippen molar-refractivity contribution in [3.05, 3.63) is 59.0 Å². The molecule has 2 aromatic rings. The SMILES string of the molecule is COc1ccc(-c2cc(C(C)(C)C)c(OC)c(C(C)(C)C)c2)c2c1[CH]C=C2.[Zr]. The first-order valence-electron chi connectivity index (χ1n) is 9.53.